The van der Waals surface area contributed by atoms with E-state index in [-0.39, 0.29) is 22.5 Å². The number of sulfonamides is 1. The summed E-state index contributed by atoms with van der Waals surface area (Å²) in [5, 5.41) is 0. The Hall–Kier alpha value is -3.13. The zero-order valence-electron chi connectivity index (χ0n) is 12.5. The molecule has 1 heterocycles. The van der Waals surface area contributed by atoms with Crippen LogP contribution in [0, 0.1) is 0 Å². The fourth-order valence-electron chi connectivity index (χ4n) is 2.25. The van der Waals surface area contributed by atoms with E-state index in [2.05, 4.69) is 14.7 Å². The second-order valence-electron chi connectivity index (χ2n) is 4.98. The Morgan fingerprint density at radius 3 is 2.04 bits per heavy atom. The molecule has 0 bridgehead atoms. The highest BCUT2D eigenvalue weighted by Crippen LogP contribution is 2.32. The van der Waals surface area contributed by atoms with E-state index in [9.17, 15) is 8.42 Å². The quantitative estimate of drug-likeness (QED) is 0.667. The van der Waals surface area contributed by atoms with Gasteiger partial charge in [0, 0.05) is 0 Å². The monoisotopic (exact) mass is 341 g/mol. The maximum Gasteiger partial charge on any atom is 0.263 e. The van der Waals surface area contributed by atoms with Gasteiger partial charge >= 0.3 is 0 Å². The van der Waals surface area contributed by atoms with Crippen LogP contribution in [-0.2, 0) is 10.0 Å². The first-order valence-corrected chi connectivity index (χ1v) is 8.52. The number of anilines is 3. The molecule has 0 radical (unpaired) electrons. The predicted octanol–water partition coefficient (Wildman–Crippen LogP) is 2.11. The van der Waals surface area contributed by atoms with Gasteiger partial charge in [0.1, 0.15) is 5.82 Å². The van der Waals surface area contributed by atoms with Crippen molar-refractivity contribution in [1.29, 1.82) is 0 Å². The van der Waals surface area contributed by atoms with E-state index < -0.39 is 10.0 Å². The minimum Gasteiger partial charge on any atom is -0.383 e. The lowest BCUT2D eigenvalue weighted by Crippen LogP contribution is -2.16. The Balaban J connectivity index is 2.12. The van der Waals surface area contributed by atoms with Crippen LogP contribution in [0.15, 0.2) is 65.6 Å². The summed E-state index contributed by atoms with van der Waals surface area (Å²) in [6.07, 6.45) is 0. The third-order valence-corrected chi connectivity index (χ3v) is 4.66. The molecule has 0 aliphatic heterocycles. The molecule has 0 aliphatic rings. The van der Waals surface area contributed by atoms with Gasteiger partial charge in [-0.25, -0.2) is 8.42 Å². The van der Waals surface area contributed by atoms with Gasteiger partial charge in [-0.3, -0.25) is 4.72 Å². The average molecular weight is 341 g/mol. The molecule has 3 aromatic rings. The number of hydrogen-bond donors (Lipinski definition) is 3. The fourth-order valence-corrected chi connectivity index (χ4v) is 3.28. The van der Waals surface area contributed by atoms with E-state index in [1.807, 2.05) is 6.07 Å². The van der Waals surface area contributed by atoms with Gasteiger partial charge in [-0.2, -0.15) is 9.97 Å². The van der Waals surface area contributed by atoms with Crippen LogP contribution in [0.5, 0.6) is 0 Å². The molecule has 0 spiro atoms. The maximum absolute atomic E-state index is 12.6. The normalized spacial score (nSPS) is 11.2. The van der Waals surface area contributed by atoms with Gasteiger partial charge in [0.05, 0.1) is 10.5 Å². The van der Waals surface area contributed by atoms with Crippen molar-refractivity contribution in [2.45, 2.75) is 4.90 Å². The summed E-state index contributed by atoms with van der Waals surface area (Å²) >= 11 is 0. The summed E-state index contributed by atoms with van der Waals surface area (Å²) in [6.45, 7) is 0. The van der Waals surface area contributed by atoms with Crippen LogP contribution >= 0.6 is 0 Å². The number of benzene rings is 2. The van der Waals surface area contributed by atoms with Gasteiger partial charge < -0.3 is 11.5 Å². The van der Waals surface area contributed by atoms with Crippen molar-refractivity contribution in [3.05, 3.63) is 60.7 Å². The number of hydrogen-bond acceptors (Lipinski definition) is 6. The molecular formula is C16H15N5O2S. The van der Waals surface area contributed by atoms with Crippen LogP contribution in [-0.4, -0.2) is 18.4 Å². The smallest absolute Gasteiger partial charge is 0.263 e. The number of rotatable bonds is 4. The fraction of sp³-hybridized carbons (Fsp3) is 0. The maximum atomic E-state index is 12.6. The van der Waals surface area contributed by atoms with Crippen molar-refractivity contribution in [2.24, 2.45) is 0 Å². The summed E-state index contributed by atoms with van der Waals surface area (Å²) in [5.41, 5.74) is 12.6. The average Bonchev–Trinajstić information content (AvgIpc) is 2.55. The zero-order chi connectivity index (χ0) is 17.2. The Morgan fingerprint density at radius 1 is 0.833 bits per heavy atom. The number of nitrogen functional groups attached to an aromatic ring is 2. The van der Waals surface area contributed by atoms with Crippen molar-refractivity contribution in [2.75, 3.05) is 16.2 Å². The molecule has 5 N–H and O–H groups in total. The SMILES string of the molecule is Nc1nc(N)c(-c2ccccc2)c(NS(=O)(=O)c2ccccc2)n1. The first-order valence-electron chi connectivity index (χ1n) is 7.03. The van der Waals surface area contributed by atoms with Gasteiger partial charge in [0.25, 0.3) is 10.0 Å². The minimum absolute atomic E-state index is 0.0371. The van der Waals surface area contributed by atoms with Crippen LogP contribution in [0.3, 0.4) is 0 Å². The molecule has 122 valence electrons. The number of nitrogens with zero attached hydrogens (tertiary/aromatic N) is 2. The Bertz CT molecular complexity index is 961. The summed E-state index contributed by atoms with van der Waals surface area (Å²) in [7, 11) is -3.83. The summed E-state index contributed by atoms with van der Waals surface area (Å²) in [6, 6.07) is 17.0. The zero-order valence-corrected chi connectivity index (χ0v) is 13.4. The third kappa shape index (κ3) is 3.13. The molecule has 24 heavy (non-hydrogen) atoms. The molecule has 0 atom stereocenters. The minimum atomic E-state index is -3.83. The highest BCUT2D eigenvalue weighted by Gasteiger charge is 2.20. The van der Waals surface area contributed by atoms with Gasteiger partial charge in [-0.15, -0.1) is 0 Å². The first kappa shape index (κ1) is 15.8. The van der Waals surface area contributed by atoms with E-state index in [0.717, 1.165) is 0 Å². The third-order valence-electron chi connectivity index (χ3n) is 3.30. The topological polar surface area (TPSA) is 124 Å². The number of nitrogens with one attached hydrogen (secondary N) is 1. The Morgan fingerprint density at radius 2 is 1.42 bits per heavy atom. The molecule has 0 saturated heterocycles. The van der Waals surface area contributed by atoms with E-state index >= 15 is 0 Å². The summed E-state index contributed by atoms with van der Waals surface area (Å²) < 4.78 is 27.6. The lowest BCUT2D eigenvalue weighted by Gasteiger charge is -2.14. The van der Waals surface area contributed by atoms with Crippen molar-refractivity contribution in [3.63, 3.8) is 0 Å². The lowest BCUT2D eigenvalue weighted by atomic mass is 10.1. The standard InChI is InChI=1S/C16H15N5O2S/c17-14-13(11-7-3-1-4-8-11)15(20-16(18)19-14)21-24(22,23)12-9-5-2-6-10-12/h1-10H,(H5,17,18,19,20,21). The molecule has 0 unspecified atom stereocenters. The van der Waals surface area contributed by atoms with E-state index in [0.29, 0.717) is 11.1 Å². The molecule has 1 aromatic heterocycles. The van der Waals surface area contributed by atoms with Crippen molar-refractivity contribution in [1.82, 2.24) is 9.97 Å². The molecule has 8 heteroatoms. The highest BCUT2D eigenvalue weighted by molar-refractivity contribution is 7.92. The van der Waals surface area contributed by atoms with Crippen LogP contribution in [0.4, 0.5) is 17.6 Å². The predicted molar refractivity (Wildman–Crippen MR) is 93.5 cm³/mol. The molecule has 0 amide bonds. The summed E-state index contributed by atoms with van der Waals surface area (Å²) in [4.78, 5) is 8.05. The van der Waals surface area contributed by atoms with Crippen LogP contribution < -0.4 is 16.2 Å². The largest absolute Gasteiger partial charge is 0.383 e. The van der Waals surface area contributed by atoms with E-state index in [4.69, 9.17) is 11.5 Å². The van der Waals surface area contributed by atoms with Gasteiger partial charge in [0.2, 0.25) is 5.95 Å². The van der Waals surface area contributed by atoms with E-state index in [1.54, 1.807) is 42.5 Å². The summed E-state index contributed by atoms with van der Waals surface area (Å²) in [5.74, 6) is 0.0208. The van der Waals surface area contributed by atoms with Crippen molar-refractivity contribution in [3.8, 4) is 11.1 Å². The Kier molecular flexibility index (Phi) is 4.05. The highest BCUT2D eigenvalue weighted by atomic mass is 32.2. The van der Waals surface area contributed by atoms with E-state index in [1.165, 1.54) is 12.1 Å². The molecular weight excluding hydrogens is 326 g/mol. The van der Waals surface area contributed by atoms with Crippen LogP contribution in [0.25, 0.3) is 11.1 Å². The Labute approximate surface area is 139 Å². The lowest BCUT2D eigenvalue weighted by molar-refractivity contribution is 0.601. The molecule has 0 fully saturated rings. The van der Waals surface area contributed by atoms with Gasteiger partial charge in [-0.1, -0.05) is 48.5 Å². The van der Waals surface area contributed by atoms with Gasteiger partial charge in [-0.05, 0) is 17.7 Å². The first-order chi connectivity index (χ1) is 11.5. The second-order valence-corrected chi connectivity index (χ2v) is 6.66. The molecule has 7 nitrogen and oxygen atoms in total. The second kappa shape index (κ2) is 6.17. The number of aromatic nitrogens is 2. The van der Waals surface area contributed by atoms with Crippen LogP contribution in [0.2, 0.25) is 0 Å². The molecule has 3 rings (SSSR count). The molecule has 2 aromatic carbocycles. The van der Waals surface area contributed by atoms with Gasteiger partial charge in [0.15, 0.2) is 5.82 Å². The van der Waals surface area contributed by atoms with Crippen molar-refractivity contribution >= 4 is 27.6 Å². The molecule has 0 aliphatic carbocycles. The van der Waals surface area contributed by atoms with Crippen LogP contribution in [0.1, 0.15) is 0 Å². The van der Waals surface area contributed by atoms with Crippen molar-refractivity contribution < 1.29 is 8.42 Å². The number of nitrogens with two attached hydrogens (primary N) is 2. The molecule has 0 saturated carbocycles.